The number of nitrogens with zero attached hydrogens (tertiary/aromatic N) is 1. The molecule has 1 aromatic rings. The van der Waals surface area contributed by atoms with Crippen molar-refractivity contribution < 1.29 is 18.0 Å². The molecule has 0 bridgehead atoms. The van der Waals surface area contributed by atoms with E-state index in [9.17, 15) is 18.0 Å². The van der Waals surface area contributed by atoms with Crippen LogP contribution in [0.1, 0.15) is 18.4 Å². The second-order valence-electron chi connectivity index (χ2n) is 8.41. The highest BCUT2D eigenvalue weighted by Gasteiger charge is 2.29. The quantitative estimate of drug-likeness (QED) is 0.595. The lowest BCUT2D eigenvalue weighted by Crippen LogP contribution is -2.42. The number of carbonyl (C=O) groups is 2. The first-order valence-corrected chi connectivity index (χ1v) is 13.5. The van der Waals surface area contributed by atoms with E-state index in [2.05, 4.69) is 10.6 Å². The summed E-state index contributed by atoms with van der Waals surface area (Å²) in [6.07, 6.45) is 9.20. The Balaban J connectivity index is 1.26. The van der Waals surface area contributed by atoms with Crippen molar-refractivity contribution >= 4 is 33.4 Å². The van der Waals surface area contributed by atoms with Crippen LogP contribution in [-0.2, 0) is 25.8 Å². The molecule has 2 atom stereocenters. The molecule has 7 nitrogen and oxygen atoms in total. The number of benzene rings is 1. The molecule has 2 N–H and O–H groups in total. The van der Waals surface area contributed by atoms with Gasteiger partial charge >= 0.3 is 0 Å². The van der Waals surface area contributed by atoms with E-state index in [4.69, 9.17) is 0 Å². The van der Waals surface area contributed by atoms with Crippen molar-refractivity contribution in [2.24, 2.45) is 5.92 Å². The number of thioether (sulfide) groups is 1. The highest BCUT2D eigenvalue weighted by molar-refractivity contribution is 8.00. The molecule has 9 heteroatoms. The average Bonchev–Trinajstić information content (AvgIpc) is 3.40. The van der Waals surface area contributed by atoms with Gasteiger partial charge in [-0.25, -0.2) is 8.42 Å². The summed E-state index contributed by atoms with van der Waals surface area (Å²) in [6, 6.07) is 6.27. The van der Waals surface area contributed by atoms with Gasteiger partial charge in [-0.05, 0) is 36.5 Å². The predicted molar refractivity (Wildman–Crippen MR) is 125 cm³/mol. The van der Waals surface area contributed by atoms with E-state index in [1.54, 1.807) is 72.6 Å². The van der Waals surface area contributed by atoms with E-state index >= 15 is 0 Å². The Hall–Kier alpha value is -2.10. The minimum atomic E-state index is -3.25. The number of carbonyl (C=O) groups excluding carboxylic acids is 2. The van der Waals surface area contributed by atoms with Gasteiger partial charge in [0.15, 0.2) is 9.84 Å². The molecule has 1 radical (unpaired) electrons. The van der Waals surface area contributed by atoms with Crippen molar-refractivity contribution in [1.29, 1.82) is 0 Å². The largest absolute Gasteiger partial charge is 0.349 e. The van der Waals surface area contributed by atoms with Crippen molar-refractivity contribution in [3.8, 4) is 0 Å². The first-order valence-electron chi connectivity index (χ1n) is 10.8. The fraction of sp³-hybridized carbons (Fsp3) is 0.435. The smallest absolute Gasteiger partial charge is 0.255 e. The Morgan fingerprint density at radius 1 is 1.22 bits per heavy atom. The van der Waals surface area contributed by atoms with Gasteiger partial charge in [0.1, 0.15) is 5.50 Å². The van der Waals surface area contributed by atoms with Crippen LogP contribution >= 0.6 is 11.8 Å². The molecule has 3 aliphatic rings. The Bertz CT molecular complexity index is 1020. The molecule has 4 rings (SSSR count). The third-order valence-corrected chi connectivity index (χ3v) is 8.85. The van der Waals surface area contributed by atoms with E-state index < -0.39 is 9.84 Å². The fourth-order valence-corrected chi connectivity index (χ4v) is 6.38. The number of sulfone groups is 1. The number of likely N-dealkylation sites (N-methyl/N-ethyl adjacent to an activating group) is 1. The van der Waals surface area contributed by atoms with Gasteiger partial charge in [-0.2, -0.15) is 0 Å². The van der Waals surface area contributed by atoms with Crippen LogP contribution in [0.3, 0.4) is 0 Å². The van der Waals surface area contributed by atoms with E-state index in [0.29, 0.717) is 16.4 Å². The first-order chi connectivity index (χ1) is 15.3. The lowest BCUT2D eigenvalue weighted by Gasteiger charge is -2.25. The molecule has 171 valence electrons. The van der Waals surface area contributed by atoms with Gasteiger partial charge in [-0.15, -0.1) is 11.8 Å². The van der Waals surface area contributed by atoms with Crippen LogP contribution < -0.4 is 10.6 Å². The van der Waals surface area contributed by atoms with E-state index in [1.165, 1.54) is 0 Å². The van der Waals surface area contributed by atoms with Crippen molar-refractivity contribution in [2.45, 2.75) is 35.7 Å². The second kappa shape index (κ2) is 9.80. The number of rotatable bonds is 8. The van der Waals surface area contributed by atoms with Crippen molar-refractivity contribution in [3.05, 3.63) is 60.1 Å². The highest BCUT2D eigenvalue weighted by atomic mass is 32.2. The number of nitrogens with one attached hydrogen (secondary N) is 2. The van der Waals surface area contributed by atoms with Gasteiger partial charge in [0.05, 0.1) is 23.1 Å². The highest BCUT2D eigenvalue weighted by Crippen LogP contribution is 2.32. The third-order valence-electron chi connectivity index (χ3n) is 5.71. The van der Waals surface area contributed by atoms with Gasteiger partial charge in [0, 0.05) is 31.3 Å². The zero-order valence-electron chi connectivity index (χ0n) is 18.0. The first kappa shape index (κ1) is 23.1. The molecule has 32 heavy (non-hydrogen) atoms. The number of hydrogen-bond acceptors (Lipinski definition) is 6. The summed E-state index contributed by atoms with van der Waals surface area (Å²) in [4.78, 5) is 27.0. The molecule has 1 saturated carbocycles. The third kappa shape index (κ3) is 5.82. The van der Waals surface area contributed by atoms with Crippen molar-refractivity contribution in [3.63, 3.8) is 0 Å². The normalized spacial score (nSPS) is 23.0. The zero-order chi connectivity index (χ0) is 22.7. The van der Waals surface area contributed by atoms with E-state index in [1.807, 2.05) is 0 Å². The monoisotopic (exact) mass is 474 g/mol. The van der Waals surface area contributed by atoms with Gasteiger partial charge < -0.3 is 10.2 Å². The van der Waals surface area contributed by atoms with Crippen molar-refractivity contribution in [1.82, 2.24) is 15.5 Å². The maximum Gasteiger partial charge on any atom is 0.255 e. The maximum absolute atomic E-state index is 12.6. The molecule has 1 saturated heterocycles. The van der Waals surface area contributed by atoms with E-state index in [0.717, 1.165) is 30.7 Å². The Morgan fingerprint density at radius 2 is 1.97 bits per heavy atom. The van der Waals surface area contributed by atoms with Crippen LogP contribution in [0.25, 0.3) is 0 Å². The molecule has 1 aliphatic heterocycles. The summed E-state index contributed by atoms with van der Waals surface area (Å²) in [7, 11) is -1.47. The van der Waals surface area contributed by atoms with Crippen LogP contribution in [0.15, 0.2) is 53.0 Å². The fourth-order valence-electron chi connectivity index (χ4n) is 3.67. The van der Waals surface area contributed by atoms with Gasteiger partial charge in [-0.1, -0.05) is 30.4 Å². The molecule has 2 unspecified atom stereocenters. The summed E-state index contributed by atoms with van der Waals surface area (Å²) in [6.45, 7) is 0.890. The standard InChI is InChI=1S/C23H28N3O4S2/c1-26(23-24-12-13-31-23)22(28)18-6-8-19(9-7-18)25-21(27)14-16-4-10-20(11-5-16)32(29,30)15-17-2-3-17/h4-11,17,19,23-24H,2-3,12-15H2,1H3,(H,25,27). The van der Waals surface area contributed by atoms with Gasteiger partial charge in [0.25, 0.3) is 5.91 Å². The summed E-state index contributed by atoms with van der Waals surface area (Å²) >= 11 is 1.70. The Morgan fingerprint density at radius 3 is 2.56 bits per heavy atom. The lowest BCUT2D eigenvalue weighted by atomic mass is 10.0. The molecule has 0 spiro atoms. The molecular weight excluding hydrogens is 446 g/mol. The molecule has 2 aliphatic carbocycles. The molecule has 2 amide bonds. The minimum Gasteiger partial charge on any atom is -0.349 e. The van der Waals surface area contributed by atoms with Crippen LogP contribution in [0.5, 0.6) is 0 Å². The zero-order valence-corrected chi connectivity index (χ0v) is 19.6. The molecule has 1 aromatic carbocycles. The van der Waals surface area contributed by atoms with Crippen LogP contribution in [0.2, 0.25) is 0 Å². The van der Waals surface area contributed by atoms with E-state index in [-0.39, 0.29) is 35.5 Å². The predicted octanol–water partition coefficient (Wildman–Crippen LogP) is 1.68. The van der Waals surface area contributed by atoms with Crippen LogP contribution in [0, 0.1) is 12.3 Å². The SMILES string of the molecule is CN(C(=O)C1=C[CH]C(NC(=O)Cc2ccc(S(=O)(=O)CC3CC3)cc2)C=C1)C1NCCS1. The van der Waals surface area contributed by atoms with Crippen LogP contribution in [-0.4, -0.2) is 61.8 Å². The molecule has 1 heterocycles. The number of amides is 2. The summed E-state index contributed by atoms with van der Waals surface area (Å²) in [5.74, 6) is 1.26. The van der Waals surface area contributed by atoms with Gasteiger partial charge in [-0.3, -0.25) is 14.9 Å². The Kier molecular flexibility index (Phi) is 7.07. The Labute approximate surface area is 193 Å². The van der Waals surface area contributed by atoms with Crippen molar-refractivity contribution in [2.75, 3.05) is 25.1 Å². The van der Waals surface area contributed by atoms with Crippen LogP contribution in [0.4, 0.5) is 0 Å². The topological polar surface area (TPSA) is 95.6 Å². The minimum absolute atomic E-state index is 0.00990. The molecular formula is C23H28N3O4S2. The maximum atomic E-state index is 12.6. The summed E-state index contributed by atoms with van der Waals surface area (Å²) in [5, 5.41) is 6.18. The molecule has 0 aromatic heterocycles. The summed E-state index contributed by atoms with van der Waals surface area (Å²) < 4.78 is 24.7. The summed E-state index contributed by atoms with van der Waals surface area (Å²) in [5.41, 5.74) is 1.32. The lowest BCUT2D eigenvalue weighted by molar-refractivity contribution is -0.126. The second-order valence-corrected chi connectivity index (χ2v) is 11.6. The molecule has 2 fully saturated rings. The average molecular weight is 475 g/mol. The van der Waals surface area contributed by atoms with Gasteiger partial charge in [0.2, 0.25) is 5.91 Å². The number of hydrogen-bond donors (Lipinski definition) is 2.